The first kappa shape index (κ1) is 38.1. The van der Waals surface area contributed by atoms with Crippen molar-refractivity contribution in [1.29, 1.82) is 0 Å². The Labute approximate surface area is 247 Å². The van der Waals surface area contributed by atoms with Gasteiger partial charge in [0.2, 0.25) is 0 Å². The molecular weight excluding hydrogens is 496 g/mol. The number of hydrogen-bond acceptors (Lipinski definition) is 4. The second kappa shape index (κ2) is 33.3. The molecular formula is C36H62O4. The summed E-state index contributed by atoms with van der Waals surface area (Å²) in [6.07, 6.45) is 42.6. The Balaban J connectivity index is 3.59. The molecule has 0 aliphatic rings. The molecule has 0 aromatic carbocycles. The molecule has 0 aliphatic carbocycles. The van der Waals surface area contributed by atoms with Crippen molar-refractivity contribution in [3.8, 4) is 0 Å². The first-order valence-corrected chi connectivity index (χ1v) is 16.4. The van der Waals surface area contributed by atoms with Gasteiger partial charge in [0.1, 0.15) is 6.10 Å². The van der Waals surface area contributed by atoms with E-state index in [1.165, 1.54) is 57.8 Å². The fourth-order valence-corrected chi connectivity index (χ4v) is 4.15. The van der Waals surface area contributed by atoms with Gasteiger partial charge in [-0.3, -0.25) is 4.79 Å². The van der Waals surface area contributed by atoms with E-state index in [1.54, 1.807) is 0 Å². The van der Waals surface area contributed by atoms with Crippen LogP contribution in [0.15, 0.2) is 60.8 Å². The van der Waals surface area contributed by atoms with E-state index in [9.17, 15) is 9.90 Å². The molecule has 0 fully saturated rings. The van der Waals surface area contributed by atoms with Crippen LogP contribution < -0.4 is 0 Å². The summed E-state index contributed by atoms with van der Waals surface area (Å²) in [6, 6.07) is 0. The first-order valence-electron chi connectivity index (χ1n) is 16.4. The molecule has 0 aromatic heterocycles. The second-order valence-corrected chi connectivity index (χ2v) is 10.5. The summed E-state index contributed by atoms with van der Waals surface area (Å²) < 4.78 is 11.0. The number of unbranched alkanes of at least 4 members (excludes halogenated alkanes) is 11. The van der Waals surface area contributed by atoms with Crippen LogP contribution in [0.5, 0.6) is 0 Å². The molecule has 0 heterocycles. The largest absolute Gasteiger partial charge is 0.457 e. The Hall–Kier alpha value is -1.91. The predicted molar refractivity (Wildman–Crippen MR) is 173 cm³/mol. The van der Waals surface area contributed by atoms with E-state index in [4.69, 9.17) is 9.47 Å². The van der Waals surface area contributed by atoms with Crippen LogP contribution in [0, 0.1) is 0 Å². The van der Waals surface area contributed by atoms with Crippen molar-refractivity contribution in [2.45, 2.75) is 142 Å². The molecule has 0 saturated carbocycles. The van der Waals surface area contributed by atoms with Crippen LogP contribution in [0.25, 0.3) is 0 Å². The Morgan fingerprint density at radius 2 is 1.12 bits per heavy atom. The van der Waals surface area contributed by atoms with Crippen LogP contribution in [0.4, 0.5) is 0 Å². The SMILES string of the molecule is CC/C=C\C/C=C\C/C=C\C/C=C\CCCOCC(CO)OC(=O)CCCCCCC/C=C\CCCCCCC. The van der Waals surface area contributed by atoms with Crippen molar-refractivity contribution in [2.75, 3.05) is 19.8 Å². The number of rotatable bonds is 29. The third-order valence-corrected chi connectivity index (χ3v) is 6.58. The van der Waals surface area contributed by atoms with E-state index in [-0.39, 0.29) is 19.2 Å². The van der Waals surface area contributed by atoms with Gasteiger partial charge < -0.3 is 14.6 Å². The third-order valence-electron chi connectivity index (χ3n) is 6.58. The standard InChI is InChI=1S/C36H62O4/c1-3-5-7-9-11-13-15-17-19-21-23-25-27-29-31-36(38)40-35(33-37)34-39-32-30-28-26-24-22-20-18-16-14-12-10-8-6-4-2/h6,8,12,14-15,17-18,20,24,26,35,37H,3-5,7,9-11,13,16,19,21-23,25,27-34H2,1-2H3/b8-6-,14-12-,17-15-,20-18-,26-24-. The predicted octanol–water partition coefficient (Wildman–Crippen LogP) is 10.1. The molecule has 0 rings (SSSR count). The monoisotopic (exact) mass is 558 g/mol. The minimum Gasteiger partial charge on any atom is -0.457 e. The molecule has 0 bridgehead atoms. The zero-order valence-corrected chi connectivity index (χ0v) is 26.1. The molecule has 1 N–H and O–H groups in total. The van der Waals surface area contributed by atoms with E-state index >= 15 is 0 Å². The van der Waals surface area contributed by atoms with Gasteiger partial charge in [-0.1, -0.05) is 120 Å². The highest BCUT2D eigenvalue weighted by atomic mass is 16.6. The summed E-state index contributed by atoms with van der Waals surface area (Å²) in [7, 11) is 0. The number of carbonyl (C=O) groups is 1. The van der Waals surface area contributed by atoms with Gasteiger partial charge in [0, 0.05) is 13.0 Å². The number of ether oxygens (including phenoxy) is 2. The summed E-state index contributed by atoms with van der Waals surface area (Å²) >= 11 is 0. The molecule has 4 heteroatoms. The molecule has 0 saturated heterocycles. The first-order chi connectivity index (χ1) is 19.7. The molecule has 0 amide bonds. The lowest BCUT2D eigenvalue weighted by atomic mass is 10.1. The normalized spacial score (nSPS) is 13.2. The highest BCUT2D eigenvalue weighted by molar-refractivity contribution is 5.69. The lowest BCUT2D eigenvalue weighted by molar-refractivity contribution is -0.154. The minimum atomic E-state index is -0.566. The quantitative estimate of drug-likeness (QED) is 0.0564. The van der Waals surface area contributed by atoms with Gasteiger partial charge >= 0.3 is 5.97 Å². The van der Waals surface area contributed by atoms with Gasteiger partial charge in [-0.2, -0.15) is 0 Å². The number of aliphatic hydroxyl groups excluding tert-OH is 1. The topological polar surface area (TPSA) is 55.8 Å². The van der Waals surface area contributed by atoms with Gasteiger partial charge in [0.15, 0.2) is 0 Å². The van der Waals surface area contributed by atoms with Gasteiger partial charge in [-0.15, -0.1) is 0 Å². The van der Waals surface area contributed by atoms with Gasteiger partial charge in [-0.25, -0.2) is 0 Å². The summed E-state index contributed by atoms with van der Waals surface area (Å²) in [4.78, 5) is 12.1. The van der Waals surface area contributed by atoms with Crippen LogP contribution in [0.3, 0.4) is 0 Å². The molecule has 0 aromatic rings. The number of esters is 1. The highest BCUT2D eigenvalue weighted by Gasteiger charge is 2.13. The minimum absolute atomic E-state index is 0.200. The molecule has 230 valence electrons. The van der Waals surface area contributed by atoms with Crippen molar-refractivity contribution in [3.63, 3.8) is 0 Å². The van der Waals surface area contributed by atoms with Crippen molar-refractivity contribution < 1.29 is 19.4 Å². The van der Waals surface area contributed by atoms with Gasteiger partial charge in [0.05, 0.1) is 13.2 Å². The molecule has 1 unspecified atom stereocenters. The Kier molecular flexibility index (Phi) is 31.7. The fourth-order valence-electron chi connectivity index (χ4n) is 4.15. The van der Waals surface area contributed by atoms with Crippen LogP contribution in [-0.4, -0.2) is 37.0 Å². The van der Waals surface area contributed by atoms with Crippen LogP contribution >= 0.6 is 0 Å². The van der Waals surface area contributed by atoms with Crippen molar-refractivity contribution in [1.82, 2.24) is 0 Å². The number of carbonyl (C=O) groups excluding carboxylic acids is 1. The molecule has 0 spiro atoms. The highest BCUT2D eigenvalue weighted by Crippen LogP contribution is 2.10. The lowest BCUT2D eigenvalue weighted by Gasteiger charge is -2.15. The Morgan fingerprint density at radius 1 is 0.625 bits per heavy atom. The molecule has 40 heavy (non-hydrogen) atoms. The average molecular weight is 559 g/mol. The summed E-state index contributed by atoms with van der Waals surface area (Å²) in [6.45, 7) is 5.06. The maximum absolute atomic E-state index is 12.1. The van der Waals surface area contributed by atoms with E-state index in [1.807, 2.05) is 0 Å². The third kappa shape index (κ3) is 30.6. The smallest absolute Gasteiger partial charge is 0.306 e. The molecule has 0 aliphatic heterocycles. The lowest BCUT2D eigenvalue weighted by Crippen LogP contribution is -2.27. The second-order valence-electron chi connectivity index (χ2n) is 10.5. The summed E-state index contributed by atoms with van der Waals surface area (Å²) in [5.41, 5.74) is 0. The van der Waals surface area contributed by atoms with Gasteiger partial charge in [-0.05, 0) is 70.6 Å². The maximum atomic E-state index is 12.1. The summed E-state index contributed by atoms with van der Waals surface area (Å²) in [5.74, 6) is -0.232. The molecule has 1 atom stereocenters. The van der Waals surface area contributed by atoms with Crippen molar-refractivity contribution >= 4 is 5.97 Å². The Bertz CT molecular complexity index is 674. The average Bonchev–Trinajstić information content (AvgIpc) is 2.96. The molecule has 0 radical (unpaired) electrons. The summed E-state index contributed by atoms with van der Waals surface area (Å²) in [5, 5.41) is 9.51. The number of allylic oxidation sites excluding steroid dienone is 10. The van der Waals surface area contributed by atoms with Crippen molar-refractivity contribution in [2.24, 2.45) is 0 Å². The number of hydrogen-bond donors (Lipinski definition) is 1. The number of aliphatic hydroxyl groups is 1. The van der Waals surface area contributed by atoms with Gasteiger partial charge in [0.25, 0.3) is 0 Å². The van der Waals surface area contributed by atoms with Crippen molar-refractivity contribution in [3.05, 3.63) is 60.8 Å². The van der Waals surface area contributed by atoms with Crippen LogP contribution in [-0.2, 0) is 14.3 Å². The van der Waals surface area contributed by atoms with E-state index in [0.717, 1.165) is 57.8 Å². The zero-order valence-electron chi connectivity index (χ0n) is 26.1. The fraction of sp³-hybridized carbons (Fsp3) is 0.694. The Morgan fingerprint density at radius 3 is 1.73 bits per heavy atom. The van der Waals surface area contributed by atoms with Crippen LogP contribution in [0.1, 0.15) is 136 Å². The van der Waals surface area contributed by atoms with E-state index in [0.29, 0.717) is 13.0 Å². The zero-order chi connectivity index (χ0) is 29.2. The van der Waals surface area contributed by atoms with E-state index in [2.05, 4.69) is 74.6 Å². The van der Waals surface area contributed by atoms with E-state index < -0.39 is 6.10 Å². The van der Waals surface area contributed by atoms with Crippen LogP contribution in [0.2, 0.25) is 0 Å². The molecule has 4 nitrogen and oxygen atoms in total. The maximum Gasteiger partial charge on any atom is 0.306 e.